The third kappa shape index (κ3) is 7.87. The first kappa shape index (κ1) is 27.8. The molecule has 0 saturated carbocycles. The lowest BCUT2D eigenvalue weighted by molar-refractivity contribution is -0.166. The average Bonchev–Trinajstić information content (AvgIpc) is 2.93. The molecule has 4 rings (SSSR count). The van der Waals surface area contributed by atoms with Crippen LogP contribution in [0.4, 0.5) is 0 Å². The van der Waals surface area contributed by atoms with Crippen molar-refractivity contribution < 1.29 is 23.8 Å². The van der Waals surface area contributed by atoms with Crippen molar-refractivity contribution in [1.82, 2.24) is 9.80 Å². The van der Waals surface area contributed by atoms with E-state index < -0.39 is 5.60 Å². The van der Waals surface area contributed by atoms with Gasteiger partial charge in [-0.2, -0.15) is 0 Å². The molecule has 38 heavy (non-hydrogen) atoms. The summed E-state index contributed by atoms with van der Waals surface area (Å²) < 4.78 is 17.9. The van der Waals surface area contributed by atoms with Gasteiger partial charge in [0.25, 0.3) is 5.91 Å². The topological polar surface area (TPSA) is 68.3 Å². The molecule has 0 spiro atoms. The lowest BCUT2D eigenvalue weighted by atomic mass is 9.96. The second-order valence-electron chi connectivity index (χ2n) is 9.24. The SMILES string of the molecule is CN(Cc1ccccc1)C(=O)CC1(COc2ccc(Cl)cc2)CN(C(=O)COc2ccc(Cl)cc2)CCO1. The monoisotopic (exact) mass is 556 g/mol. The van der Waals surface area contributed by atoms with Crippen LogP contribution in [0, 0.1) is 0 Å². The number of hydrogen-bond donors (Lipinski definition) is 0. The molecule has 0 bridgehead atoms. The minimum absolute atomic E-state index is 0.0474. The number of amides is 2. The Balaban J connectivity index is 1.45. The van der Waals surface area contributed by atoms with E-state index in [0.29, 0.717) is 34.6 Å². The van der Waals surface area contributed by atoms with Crippen molar-refractivity contribution in [2.75, 3.05) is 40.0 Å². The summed E-state index contributed by atoms with van der Waals surface area (Å²) in [6.45, 7) is 1.25. The van der Waals surface area contributed by atoms with Crippen molar-refractivity contribution in [2.24, 2.45) is 0 Å². The molecule has 1 aliphatic heterocycles. The molecule has 7 nitrogen and oxygen atoms in total. The highest BCUT2D eigenvalue weighted by molar-refractivity contribution is 6.30. The summed E-state index contributed by atoms with van der Waals surface area (Å²) in [6, 6.07) is 23.6. The van der Waals surface area contributed by atoms with Gasteiger partial charge < -0.3 is 24.0 Å². The third-order valence-corrected chi connectivity index (χ3v) is 6.76. The van der Waals surface area contributed by atoms with Gasteiger partial charge in [-0.25, -0.2) is 0 Å². The molecule has 1 heterocycles. The molecule has 1 fully saturated rings. The Kier molecular flexibility index (Phi) is 9.50. The molecular formula is C29H30Cl2N2O5. The molecule has 3 aromatic rings. The number of benzene rings is 3. The predicted octanol–water partition coefficient (Wildman–Crippen LogP) is 5.10. The van der Waals surface area contributed by atoms with Gasteiger partial charge in [0.2, 0.25) is 5.91 Å². The molecule has 200 valence electrons. The molecule has 0 aliphatic carbocycles. The zero-order valence-electron chi connectivity index (χ0n) is 21.1. The van der Waals surface area contributed by atoms with Crippen LogP contribution in [0.15, 0.2) is 78.9 Å². The summed E-state index contributed by atoms with van der Waals surface area (Å²) in [7, 11) is 1.76. The fourth-order valence-corrected chi connectivity index (χ4v) is 4.42. The molecule has 3 aromatic carbocycles. The number of carbonyl (C=O) groups excluding carboxylic acids is 2. The lowest BCUT2D eigenvalue weighted by Crippen LogP contribution is -2.58. The highest BCUT2D eigenvalue weighted by Gasteiger charge is 2.42. The Labute approximate surface area is 232 Å². The van der Waals surface area contributed by atoms with Gasteiger partial charge in [-0.15, -0.1) is 0 Å². The predicted molar refractivity (Wildman–Crippen MR) is 147 cm³/mol. The van der Waals surface area contributed by atoms with E-state index in [1.165, 1.54) is 0 Å². The summed E-state index contributed by atoms with van der Waals surface area (Å²) in [5, 5.41) is 1.18. The number of carbonyl (C=O) groups is 2. The number of halogens is 2. The summed E-state index contributed by atoms with van der Waals surface area (Å²) in [6.07, 6.45) is 0.0474. The smallest absolute Gasteiger partial charge is 0.260 e. The van der Waals surface area contributed by atoms with Gasteiger partial charge in [0, 0.05) is 30.2 Å². The van der Waals surface area contributed by atoms with Crippen molar-refractivity contribution in [1.29, 1.82) is 0 Å². The van der Waals surface area contributed by atoms with Crippen LogP contribution >= 0.6 is 23.2 Å². The summed E-state index contributed by atoms with van der Waals surface area (Å²) in [4.78, 5) is 29.7. The van der Waals surface area contributed by atoms with E-state index in [1.807, 2.05) is 30.3 Å². The Morgan fingerprint density at radius 1 is 0.921 bits per heavy atom. The van der Waals surface area contributed by atoms with Crippen LogP contribution in [-0.4, -0.2) is 67.2 Å². The van der Waals surface area contributed by atoms with Crippen LogP contribution in [0.3, 0.4) is 0 Å². The Morgan fingerprint density at radius 2 is 1.53 bits per heavy atom. The molecule has 0 N–H and O–H groups in total. The van der Waals surface area contributed by atoms with Crippen LogP contribution in [0.5, 0.6) is 11.5 Å². The van der Waals surface area contributed by atoms with Crippen molar-refractivity contribution >= 4 is 35.0 Å². The van der Waals surface area contributed by atoms with Crippen LogP contribution in [0.2, 0.25) is 10.0 Å². The highest BCUT2D eigenvalue weighted by Crippen LogP contribution is 2.27. The molecule has 0 aromatic heterocycles. The quantitative estimate of drug-likeness (QED) is 0.347. The second kappa shape index (κ2) is 13.0. The number of rotatable bonds is 10. The standard InChI is InChI=1S/C29H30Cl2N2O5/c1-32(18-22-5-3-2-4-6-22)27(34)17-29(21-37-26-13-9-24(31)10-14-26)20-33(15-16-38-29)28(35)19-36-25-11-7-23(30)8-12-25/h2-14H,15-21H2,1H3. The van der Waals surface area contributed by atoms with Crippen LogP contribution in [-0.2, 0) is 20.9 Å². The maximum Gasteiger partial charge on any atom is 0.260 e. The van der Waals surface area contributed by atoms with Gasteiger partial charge in [-0.3, -0.25) is 9.59 Å². The molecule has 0 radical (unpaired) electrons. The van der Waals surface area contributed by atoms with Crippen LogP contribution in [0.25, 0.3) is 0 Å². The van der Waals surface area contributed by atoms with Gasteiger partial charge in [0.15, 0.2) is 6.61 Å². The summed E-state index contributed by atoms with van der Waals surface area (Å²) in [5.41, 5.74) is -0.00826. The van der Waals surface area contributed by atoms with Gasteiger partial charge in [-0.1, -0.05) is 53.5 Å². The lowest BCUT2D eigenvalue weighted by Gasteiger charge is -2.42. The number of morpholine rings is 1. The highest BCUT2D eigenvalue weighted by atomic mass is 35.5. The van der Waals surface area contributed by atoms with Crippen molar-refractivity contribution in [3.63, 3.8) is 0 Å². The molecule has 1 aliphatic rings. The minimum atomic E-state index is -1.03. The van der Waals surface area contributed by atoms with E-state index in [9.17, 15) is 9.59 Å². The Morgan fingerprint density at radius 3 is 2.16 bits per heavy atom. The Bertz CT molecular complexity index is 1210. The first-order chi connectivity index (χ1) is 18.3. The van der Waals surface area contributed by atoms with Crippen molar-refractivity contribution in [3.05, 3.63) is 94.5 Å². The Hall–Kier alpha value is -3.26. The largest absolute Gasteiger partial charge is 0.490 e. The van der Waals surface area contributed by atoms with E-state index in [4.69, 9.17) is 37.4 Å². The maximum absolute atomic E-state index is 13.3. The maximum atomic E-state index is 13.3. The molecule has 1 atom stereocenters. The number of hydrogen-bond acceptors (Lipinski definition) is 5. The van der Waals surface area contributed by atoms with Gasteiger partial charge in [0.05, 0.1) is 19.6 Å². The van der Waals surface area contributed by atoms with Gasteiger partial charge >= 0.3 is 0 Å². The van der Waals surface area contributed by atoms with E-state index in [-0.39, 0.29) is 44.6 Å². The molecule has 1 saturated heterocycles. The molecular weight excluding hydrogens is 527 g/mol. The van der Waals surface area contributed by atoms with Crippen LogP contribution in [0.1, 0.15) is 12.0 Å². The van der Waals surface area contributed by atoms with Gasteiger partial charge in [0.1, 0.15) is 23.7 Å². The normalized spacial score (nSPS) is 17.1. The minimum Gasteiger partial charge on any atom is -0.490 e. The summed E-state index contributed by atoms with van der Waals surface area (Å²) in [5.74, 6) is 0.826. The van der Waals surface area contributed by atoms with Crippen molar-refractivity contribution in [3.8, 4) is 11.5 Å². The van der Waals surface area contributed by atoms with Crippen molar-refractivity contribution in [2.45, 2.75) is 18.6 Å². The zero-order valence-corrected chi connectivity index (χ0v) is 22.7. The van der Waals surface area contributed by atoms with E-state index >= 15 is 0 Å². The zero-order chi connectivity index (χ0) is 27.0. The molecule has 2 amide bonds. The first-order valence-electron chi connectivity index (χ1n) is 12.3. The second-order valence-corrected chi connectivity index (χ2v) is 10.1. The van der Waals surface area contributed by atoms with E-state index in [1.54, 1.807) is 65.4 Å². The third-order valence-electron chi connectivity index (χ3n) is 6.25. The fraction of sp³-hybridized carbons (Fsp3) is 0.310. The molecule has 9 heteroatoms. The number of nitrogens with zero attached hydrogens (tertiary/aromatic N) is 2. The van der Waals surface area contributed by atoms with E-state index in [0.717, 1.165) is 5.56 Å². The fourth-order valence-electron chi connectivity index (χ4n) is 4.17. The average molecular weight is 557 g/mol. The number of ether oxygens (including phenoxy) is 3. The summed E-state index contributed by atoms with van der Waals surface area (Å²) >= 11 is 11.9. The molecule has 1 unspecified atom stereocenters. The van der Waals surface area contributed by atoms with Crippen LogP contribution < -0.4 is 9.47 Å². The van der Waals surface area contributed by atoms with Gasteiger partial charge in [-0.05, 0) is 54.1 Å². The van der Waals surface area contributed by atoms with E-state index in [2.05, 4.69) is 0 Å². The first-order valence-corrected chi connectivity index (χ1v) is 13.0.